The summed E-state index contributed by atoms with van der Waals surface area (Å²) in [6.07, 6.45) is 1.65. The number of nitrogens with zero attached hydrogens (tertiary/aromatic N) is 1. The summed E-state index contributed by atoms with van der Waals surface area (Å²) < 4.78 is 11.8. The number of methoxy groups -OCH3 is 1. The number of halogens is 1. The molecule has 0 atom stereocenters. The number of hydrogen-bond donors (Lipinski definition) is 2. The lowest BCUT2D eigenvalue weighted by atomic mass is 10.1. The van der Waals surface area contributed by atoms with E-state index >= 15 is 0 Å². The number of carbonyl (C=O) groups is 1. The molecule has 0 radical (unpaired) electrons. The van der Waals surface area contributed by atoms with Crippen molar-refractivity contribution in [1.82, 2.24) is 9.78 Å². The molecular weight excluding hydrogens is 384 g/mol. The van der Waals surface area contributed by atoms with Crippen molar-refractivity contribution < 1.29 is 19.4 Å². The predicted octanol–water partition coefficient (Wildman–Crippen LogP) is 1.53. The van der Waals surface area contributed by atoms with Crippen LogP contribution >= 0.6 is 11.6 Å². The number of ether oxygens (including phenoxy) is 2. The minimum atomic E-state index is -1.09. The molecule has 0 saturated heterocycles. The Hall–Kier alpha value is -3.45. The van der Waals surface area contributed by atoms with Crippen molar-refractivity contribution in [3.63, 3.8) is 0 Å². The van der Waals surface area contributed by atoms with Gasteiger partial charge in [0.25, 0.3) is 5.56 Å². The Labute approximate surface area is 164 Å². The molecule has 0 aliphatic rings. The molecule has 0 bridgehead atoms. The van der Waals surface area contributed by atoms with Gasteiger partial charge in [-0.05, 0) is 35.9 Å². The molecule has 0 fully saturated rings. The Morgan fingerprint density at radius 2 is 2.04 bits per heavy atom. The third kappa shape index (κ3) is 3.94. The second-order valence-electron chi connectivity index (χ2n) is 5.83. The first kappa shape index (κ1) is 19.3. The van der Waals surface area contributed by atoms with Crippen molar-refractivity contribution in [2.45, 2.75) is 0 Å². The smallest absolute Gasteiger partial charge is 0.341 e. The first-order valence-corrected chi connectivity index (χ1v) is 8.57. The molecule has 0 spiro atoms. The van der Waals surface area contributed by atoms with Gasteiger partial charge in [-0.2, -0.15) is 0 Å². The zero-order valence-corrected chi connectivity index (χ0v) is 15.7. The second kappa shape index (κ2) is 8.06. The van der Waals surface area contributed by atoms with Crippen LogP contribution in [0.4, 0.5) is 0 Å². The number of hydrogen-bond acceptors (Lipinski definition) is 4. The van der Waals surface area contributed by atoms with E-state index in [-0.39, 0.29) is 5.56 Å². The summed E-state index contributed by atoms with van der Waals surface area (Å²) in [7, 11) is 1.44. The molecule has 3 aromatic rings. The Bertz CT molecular complexity index is 1200. The van der Waals surface area contributed by atoms with Gasteiger partial charge in [0, 0.05) is 0 Å². The fourth-order valence-corrected chi connectivity index (χ4v) is 2.87. The van der Waals surface area contributed by atoms with E-state index in [4.69, 9.17) is 26.2 Å². The fraction of sp³-hybridized carbons (Fsp3) is 0.100. The van der Waals surface area contributed by atoms with Crippen LogP contribution < -0.4 is 25.6 Å². The zero-order chi connectivity index (χ0) is 20.3. The summed E-state index contributed by atoms with van der Waals surface area (Å²) in [5.41, 5.74) is 0.879. The summed E-state index contributed by atoms with van der Waals surface area (Å²) in [6.45, 7) is 3.41. The van der Waals surface area contributed by atoms with Crippen LogP contribution in [0.15, 0.2) is 47.3 Å². The molecule has 28 heavy (non-hydrogen) atoms. The van der Waals surface area contributed by atoms with Gasteiger partial charge in [-0.15, -0.1) is 0 Å². The molecule has 2 aromatic carbocycles. The third-order valence-electron chi connectivity index (χ3n) is 3.95. The Morgan fingerprint density at radius 1 is 1.29 bits per heavy atom. The molecular formula is C20H17ClN2O5. The molecule has 0 saturated carbocycles. The maximum absolute atomic E-state index is 12.8. The largest absolute Gasteiger partial charge is 0.493 e. The van der Waals surface area contributed by atoms with Crippen LogP contribution in [0.1, 0.15) is 5.56 Å². The minimum Gasteiger partial charge on any atom is -0.493 e. The van der Waals surface area contributed by atoms with Gasteiger partial charge in [-0.25, -0.2) is 9.48 Å². The van der Waals surface area contributed by atoms with Crippen molar-refractivity contribution in [3.8, 4) is 17.2 Å². The molecule has 3 rings (SSSR count). The number of carboxylic acids is 1. The predicted molar refractivity (Wildman–Crippen MR) is 106 cm³/mol. The maximum Gasteiger partial charge on any atom is 0.341 e. The highest BCUT2D eigenvalue weighted by atomic mass is 35.5. The van der Waals surface area contributed by atoms with Crippen LogP contribution in [0.25, 0.3) is 18.3 Å². The zero-order valence-electron chi connectivity index (χ0n) is 14.9. The molecule has 1 aromatic heterocycles. The van der Waals surface area contributed by atoms with E-state index in [0.29, 0.717) is 38.3 Å². The van der Waals surface area contributed by atoms with Crippen molar-refractivity contribution in [2.24, 2.45) is 0 Å². The summed E-state index contributed by atoms with van der Waals surface area (Å²) in [5, 5.41) is 12.9. The molecule has 2 N–H and O–H groups in total. The van der Waals surface area contributed by atoms with Crippen LogP contribution in [0.5, 0.6) is 11.5 Å². The summed E-state index contributed by atoms with van der Waals surface area (Å²) >= 11 is 6.18. The number of H-pyrrole nitrogens is 1. The normalized spacial score (nSPS) is 11.4. The van der Waals surface area contributed by atoms with Gasteiger partial charge in [0.05, 0.1) is 28.4 Å². The average Bonchev–Trinajstić information content (AvgIpc) is 2.95. The molecule has 0 aliphatic heterocycles. The first-order valence-electron chi connectivity index (χ1n) is 8.20. The molecule has 0 aliphatic carbocycles. The second-order valence-corrected chi connectivity index (χ2v) is 6.24. The fourth-order valence-electron chi connectivity index (χ4n) is 2.65. The van der Waals surface area contributed by atoms with Gasteiger partial charge in [-0.3, -0.25) is 9.89 Å². The van der Waals surface area contributed by atoms with Gasteiger partial charge >= 0.3 is 5.97 Å². The van der Waals surface area contributed by atoms with Crippen molar-refractivity contribution in [2.75, 3.05) is 13.7 Å². The number of para-hydroxylation sites is 1. The highest BCUT2D eigenvalue weighted by molar-refractivity contribution is 6.32. The highest BCUT2D eigenvalue weighted by Gasteiger charge is 2.10. The SMILES string of the molecule is C=c1[nH]n(-c2ccccc2Cl)c(=O)/c1=C\c1ccc(OCC(=O)O)c(OC)c1. The topological polar surface area (TPSA) is 93.6 Å². The molecule has 0 amide bonds. The Kier molecular flexibility index (Phi) is 5.56. The Balaban J connectivity index is 2.05. The van der Waals surface area contributed by atoms with Crippen LogP contribution in [-0.4, -0.2) is 34.6 Å². The van der Waals surface area contributed by atoms with Gasteiger partial charge in [0.1, 0.15) is 0 Å². The number of benzene rings is 2. The van der Waals surface area contributed by atoms with E-state index in [1.54, 1.807) is 48.5 Å². The lowest BCUT2D eigenvalue weighted by molar-refractivity contribution is -0.139. The monoisotopic (exact) mass is 400 g/mol. The molecule has 0 unspecified atom stereocenters. The van der Waals surface area contributed by atoms with Crippen molar-refractivity contribution >= 4 is 30.2 Å². The Morgan fingerprint density at radius 3 is 2.71 bits per heavy atom. The number of aliphatic carboxylic acids is 1. The third-order valence-corrected chi connectivity index (χ3v) is 4.27. The van der Waals surface area contributed by atoms with E-state index in [1.807, 2.05) is 0 Å². The minimum absolute atomic E-state index is 0.291. The van der Waals surface area contributed by atoms with Gasteiger partial charge in [-0.1, -0.05) is 36.4 Å². The van der Waals surface area contributed by atoms with Crippen molar-refractivity contribution in [3.05, 3.63) is 74.0 Å². The van der Waals surface area contributed by atoms with E-state index < -0.39 is 12.6 Å². The lowest BCUT2D eigenvalue weighted by Gasteiger charge is -2.09. The maximum atomic E-state index is 12.8. The van der Waals surface area contributed by atoms with Gasteiger partial charge < -0.3 is 14.6 Å². The quantitative estimate of drug-likeness (QED) is 0.654. The average molecular weight is 401 g/mol. The van der Waals surface area contributed by atoms with E-state index in [1.165, 1.54) is 11.8 Å². The van der Waals surface area contributed by atoms with E-state index in [2.05, 4.69) is 11.7 Å². The highest BCUT2D eigenvalue weighted by Crippen LogP contribution is 2.28. The standard InChI is InChI=1S/C20H17ClN2O5/c1-12-14(20(26)23(22-12)16-6-4-3-5-15(16)21)9-13-7-8-17(18(10-13)27-2)28-11-19(24)25/h3-10,22H,1,11H2,2H3,(H,24,25)/b14-9-. The van der Waals surface area contributed by atoms with Crippen LogP contribution in [-0.2, 0) is 4.79 Å². The molecule has 144 valence electrons. The van der Waals surface area contributed by atoms with Crippen LogP contribution in [0.2, 0.25) is 5.02 Å². The first-order chi connectivity index (χ1) is 13.4. The summed E-state index contributed by atoms with van der Waals surface area (Å²) in [6, 6.07) is 11.9. The molecule has 1 heterocycles. The summed E-state index contributed by atoms with van der Waals surface area (Å²) in [4.78, 5) is 23.5. The number of rotatable bonds is 6. The molecule has 7 nitrogen and oxygen atoms in total. The number of aromatic amines is 1. The van der Waals surface area contributed by atoms with Crippen molar-refractivity contribution in [1.29, 1.82) is 0 Å². The number of carboxylic acid groups (broad SMARTS) is 1. The number of nitrogens with one attached hydrogen (secondary N) is 1. The summed E-state index contributed by atoms with van der Waals surface area (Å²) in [5.74, 6) is -0.450. The van der Waals surface area contributed by atoms with Crippen LogP contribution in [0, 0.1) is 0 Å². The van der Waals surface area contributed by atoms with Gasteiger partial charge in [0.15, 0.2) is 18.1 Å². The lowest BCUT2D eigenvalue weighted by Crippen LogP contribution is -2.34. The van der Waals surface area contributed by atoms with Crippen LogP contribution in [0.3, 0.4) is 0 Å². The van der Waals surface area contributed by atoms with Gasteiger partial charge in [0.2, 0.25) is 0 Å². The van der Waals surface area contributed by atoms with E-state index in [0.717, 1.165) is 0 Å². The number of aromatic nitrogens is 2. The van der Waals surface area contributed by atoms with E-state index in [9.17, 15) is 9.59 Å². The molecule has 8 heteroatoms.